The highest BCUT2D eigenvalue weighted by Crippen LogP contribution is 2.33. The fourth-order valence-electron chi connectivity index (χ4n) is 2.31. The number of benzene rings is 1. The fourth-order valence-corrected chi connectivity index (χ4v) is 2.31. The highest BCUT2D eigenvalue weighted by Gasteiger charge is 2.14. The number of ether oxygens (including phenoxy) is 3. The van der Waals surface area contributed by atoms with Gasteiger partial charge in [0.15, 0.2) is 11.5 Å². The first-order valence-electron chi connectivity index (χ1n) is 6.66. The van der Waals surface area contributed by atoms with E-state index >= 15 is 0 Å². The molecule has 0 aromatic heterocycles. The summed E-state index contributed by atoms with van der Waals surface area (Å²) in [4.78, 5) is 2.13. The normalized spacial score (nSPS) is 17.9. The molecule has 0 radical (unpaired) electrons. The van der Waals surface area contributed by atoms with Crippen molar-refractivity contribution in [3.05, 3.63) is 35.5 Å². The third-order valence-electron chi connectivity index (χ3n) is 3.36. The number of nitriles is 1. The van der Waals surface area contributed by atoms with Crippen LogP contribution in [0.1, 0.15) is 5.56 Å². The third kappa shape index (κ3) is 2.86. The van der Waals surface area contributed by atoms with E-state index in [4.69, 9.17) is 14.2 Å². The first-order valence-corrected chi connectivity index (χ1v) is 6.66. The summed E-state index contributed by atoms with van der Waals surface area (Å²) in [6.45, 7) is 3.39. The van der Waals surface area contributed by atoms with Gasteiger partial charge in [0.1, 0.15) is 0 Å². The molecule has 1 aromatic rings. The van der Waals surface area contributed by atoms with Crippen LogP contribution in [0.5, 0.6) is 11.5 Å². The van der Waals surface area contributed by atoms with E-state index in [1.54, 1.807) is 0 Å². The van der Waals surface area contributed by atoms with E-state index in [1.165, 1.54) is 0 Å². The van der Waals surface area contributed by atoms with Crippen LogP contribution in [0.2, 0.25) is 0 Å². The summed E-state index contributed by atoms with van der Waals surface area (Å²) in [6.07, 6.45) is 2.54. The van der Waals surface area contributed by atoms with Crippen molar-refractivity contribution in [3.8, 4) is 17.6 Å². The van der Waals surface area contributed by atoms with E-state index in [9.17, 15) is 5.26 Å². The van der Waals surface area contributed by atoms with Gasteiger partial charge in [0.05, 0.1) is 19.3 Å². The van der Waals surface area contributed by atoms with Crippen molar-refractivity contribution in [1.82, 2.24) is 4.90 Å². The number of morpholine rings is 1. The Balaban J connectivity index is 1.71. The molecule has 1 saturated heterocycles. The molecule has 0 N–H and O–H groups in total. The van der Waals surface area contributed by atoms with E-state index in [0.29, 0.717) is 6.42 Å². The maximum absolute atomic E-state index is 9.28. The fraction of sp³-hybridized carbons (Fsp3) is 0.400. The van der Waals surface area contributed by atoms with Crippen LogP contribution in [-0.4, -0.2) is 38.0 Å². The van der Waals surface area contributed by atoms with Crippen LogP contribution in [0.3, 0.4) is 0 Å². The van der Waals surface area contributed by atoms with Crippen LogP contribution in [0.15, 0.2) is 30.0 Å². The minimum atomic E-state index is 0.271. The number of nitrogens with zero attached hydrogens (tertiary/aromatic N) is 2. The number of hydrogen-bond acceptors (Lipinski definition) is 5. The zero-order chi connectivity index (χ0) is 13.8. The number of allylic oxidation sites excluding steroid dienone is 1. The summed E-state index contributed by atoms with van der Waals surface area (Å²) in [7, 11) is 0. The molecular weight excluding hydrogens is 256 g/mol. The molecule has 0 saturated carbocycles. The summed E-state index contributed by atoms with van der Waals surface area (Å²) < 4.78 is 15.9. The Morgan fingerprint density at radius 2 is 2.05 bits per heavy atom. The highest BCUT2D eigenvalue weighted by molar-refractivity contribution is 5.46. The quantitative estimate of drug-likeness (QED) is 0.784. The second-order valence-corrected chi connectivity index (χ2v) is 4.78. The summed E-state index contributed by atoms with van der Waals surface area (Å²) in [5.74, 6) is 1.52. The van der Waals surface area contributed by atoms with Crippen LogP contribution < -0.4 is 9.47 Å². The lowest BCUT2D eigenvalue weighted by molar-refractivity contribution is 0.0591. The van der Waals surface area contributed by atoms with Crippen molar-refractivity contribution in [2.45, 2.75) is 6.42 Å². The smallest absolute Gasteiger partial charge is 0.231 e. The summed E-state index contributed by atoms with van der Waals surface area (Å²) >= 11 is 0. The molecule has 5 heteroatoms. The molecular formula is C15H16N2O3. The predicted octanol–water partition coefficient (Wildman–Crippen LogP) is 1.70. The minimum absolute atomic E-state index is 0.271. The Bertz CT molecular complexity index is 557. The molecule has 104 valence electrons. The topological polar surface area (TPSA) is 54.7 Å². The Labute approximate surface area is 118 Å². The van der Waals surface area contributed by atoms with E-state index < -0.39 is 0 Å². The van der Waals surface area contributed by atoms with Gasteiger partial charge < -0.3 is 19.1 Å². The van der Waals surface area contributed by atoms with Crippen molar-refractivity contribution < 1.29 is 14.2 Å². The standard InChI is InChI=1S/C15H16N2O3/c16-9-13(10-17-3-5-18-6-4-17)7-12-1-2-14-15(8-12)20-11-19-14/h1-2,8,10H,3-7,11H2/b13-10+. The molecule has 3 rings (SSSR count). The molecule has 2 aliphatic rings. The molecule has 0 aliphatic carbocycles. The lowest BCUT2D eigenvalue weighted by Crippen LogP contribution is -2.32. The average Bonchev–Trinajstić information content (AvgIpc) is 2.95. The molecule has 1 fully saturated rings. The van der Waals surface area contributed by atoms with Gasteiger partial charge in [-0.15, -0.1) is 0 Å². The van der Waals surface area contributed by atoms with Gasteiger partial charge in [0.2, 0.25) is 6.79 Å². The molecule has 5 nitrogen and oxygen atoms in total. The molecule has 2 heterocycles. The summed E-state index contributed by atoms with van der Waals surface area (Å²) in [6, 6.07) is 8.07. The van der Waals surface area contributed by atoms with Crippen LogP contribution in [0, 0.1) is 11.3 Å². The SMILES string of the molecule is N#C/C(=C/N1CCOCC1)Cc1ccc2c(c1)OCO2. The number of rotatable bonds is 3. The van der Waals surface area contributed by atoms with Crippen molar-refractivity contribution >= 4 is 0 Å². The Kier molecular flexibility index (Phi) is 3.75. The maximum Gasteiger partial charge on any atom is 0.231 e. The molecule has 2 aliphatic heterocycles. The summed E-state index contributed by atoms with van der Waals surface area (Å²) in [5, 5.41) is 9.28. The van der Waals surface area contributed by atoms with E-state index in [1.807, 2.05) is 24.4 Å². The lowest BCUT2D eigenvalue weighted by Gasteiger charge is -2.25. The molecule has 0 atom stereocenters. The van der Waals surface area contributed by atoms with Gasteiger partial charge in [-0.1, -0.05) is 6.07 Å². The molecule has 1 aromatic carbocycles. The number of hydrogen-bond donors (Lipinski definition) is 0. The van der Waals surface area contributed by atoms with Crippen LogP contribution >= 0.6 is 0 Å². The van der Waals surface area contributed by atoms with E-state index in [2.05, 4.69) is 11.0 Å². The minimum Gasteiger partial charge on any atom is -0.454 e. The van der Waals surface area contributed by atoms with Gasteiger partial charge in [0, 0.05) is 31.3 Å². The van der Waals surface area contributed by atoms with Gasteiger partial charge >= 0.3 is 0 Å². The Hall–Kier alpha value is -2.19. The Morgan fingerprint density at radius 1 is 1.25 bits per heavy atom. The first-order chi connectivity index (χ1) is 9.85. The second-order valence-electron chi connectivity index (χ2n) is 4.78. The molecule has 0 amide bonds. The van der Waals surface area contributed by atoms with Crippen LogP contribution in [-0.2, 0) is 11.2 Å². The van der Waals surface area contributed by atoms with Gasteiger partial charge in [-0.2, -0.15) is 5.26 Å². The van der Waals surface area contributed by atoms with Gasteiger partial charge in [-0.05, 0) is 17.7 Å². The van der Waals surface area contributed by atoms with Crippen molar-refractivity contribution in [1.29, 1.82) is 5.26 Å². The highest BCUT2D eigenvalue weighted by atomic mass is 16.7. The maximum atomic E-state index is 9.28. The Morgan fingerprint density at radius 3 is 2.85 bits per heavy atom. The average molecular weight is 272 g/mol. The second kappa shape index (κ2) is 5.85. The predicted molar refractivity (Wildman–Crippen MR) is 72.4 cm³/mol. The largest absolute Gasteiger partial charge is 0.454 e. The van der Waals surface area contributed by atoms with Crippen LogP contribution in [0.4, 0.5) is 0 Å². The van der Waals surface area contributed by atoms with E-state index in [0.717, 1.165) is 48.9 Å². The first kappa shape index (κ1) is 12.8. The van der Waals surface area contributed by atoms with E-state index in [-0.39, 0.29) is 6.79 Å². The number of fused-ring (bicyclic) bond motifs is 1. The van der Waals surface area contributed by atoms with Crippen LogP contribution in [0.25, 0.3) is 0 Å². The molecule has 20 heavy (non-hydrogen) atoms. The van der Waals surface area contributed by atoms with Gasteiger partial charge in [-0.3, -0.25) is 0 Å². The van der Waals surface area contributed by atoms with Crippen molar-refractivity contribution in [2.75, 3.05) is 33.1 Å². The molecule has 0 bridgehead atoms. The van der Waals surface area contributed by atoms with Gasteiger partial charge in [-0.25, -0.2) is 0 Å². The summed E-state index contributed by atoms with van der Waals surface area (Å²) in [5.41, 5.74) is 1.79. The lowest BCUT2D eigenvalue weighted by atomic mass is 10.1. The monoisotopic (exact) mass is 272 g/mol. The zero-order valence-electron chi connectivity index (χ0n) is 11.2. The zero-order valence-corrected chi connectivity index (χ0v) is 11.2. The van der Waals surface area contributed by atoms with Crippen molar-refractivity contribution in [2.24, 2.45) is 0 Å². The molecule has 0 spiro atoms. The molecule has 0 unspecified atom stereocenters. The third-order valence-corrected chi connectivity index (χ3v) is 3.36. The van der Waals surface area contributed by atoms with Crippen molar-refractivity contribution in [3.63, 3.8) is 0 Å². The van der Waals surface area contributed by atoms with Gasteiger partial charge in [0.25, 0.3) is 0 Å².